The first kappa shape index (κ1) is 14.5. The number of carbonyl (C=O) groups is 1. The van der Waals surface area contributed by atoms with Crippen LogP contribution in [-0.2, 0) is 0 Å². The molecule has 0 spiro atoms. The van der Waals surface area contributed by atoms with Gasteiger partial charge >= 0.3 is 6.03 Å². The molecule has 2 rings (SSSR count). The Morgan fingerprint density at radius 3 is 2.35 bits per heavy atom. The molecule has 2 aromatic rings. The van der Waals surface area contributed by atoms with Gasteiger partial charge in [0.05, 0.1) is 10.2 Å². The van der Waals surface area contributed by atoms with Crippen molar-refractivity contribution in [1.29, 1.82) is 0 Å². The molecular formula is C14H11BrF2N2O. The van der Waals surface area contributed by atoms with Gasteiger partial charge in [-0.25, -0.2) is 13.6 Å². The van der Waals surface area contributed by atoms with E-state index in [4.69, 9.17) is 0 Å². The number of hydrogen-bond acceptors (Lipinski definition) is 1. The Hall–Kier alpha value is -1.95. The Labute approximate surface area is 123 Å². The van der Waals surface area contributed by atoms with Crippen LogP contribution in [0.1, 0.15) is 5.56 Å². The zero-order valence-electron chi connectivity index (χ0n) is 10.5. The fourth-order valence-electron chi connectivity index (χ4n) is 1.54. The van der Waals surface area contributed by atoms with Gasteiger partial charge in [0, 0.05) is 11.8 Å². The predicted molar refractivity (Wildman–Crippen MR) is 77.9 cm³/mol. The molecule has 0 saturated heterocycles. The molecule has 104 valence electrons. The number of anilines is 2. The van der Waals surface area contributed by atoms with E-state index >= 15 is 0 Å². The second-order valence-electron chi connectivity index (χ2n) is 4.19. The molecule has 0 aliphatic rings. The summed E-state index contributed by atoms with van der Waals surface area (Å²) < 4.78 is 26.8. The SMILES string of the molecule is Cc1ccc(NC(=O)Nc2cc(F)c(Br)cc2F)cc1. The molecule has 0 saturated carbocycles. The highest BCUT2D eigenvalue weighted by Crippen LogP contribution is 2.23. The third kappa shape index (κ3) is 3.54. The van der Waals surface area contributed by atoms with Crippen molar-refractivity contribution in [3.05, 3.63) is 58.1 Å². The highest BCUT2D eigenvalue weighted by Gasteiger charge is 2.11. The summed E-state index contributed by atoms with van der Waals surface area (Å²) in [7, 11) is 0. The van der Waals surface area contributed by atoms with Crippen molar-refractivity contribution in [2.75, 3.05) is 10.6 Å². The highest BCUT2D eigenvalue weighted by atomic mass is 79.9. The van der Waals surface area contributed by atoms with E-state index < -0.39 is 17.7 Å². The minimum Gasteiger partial charge on any atom is -0.308 e. The Bertz CT molecular complexity index is 644. The monoisotopic (exact) mass is 340 g/mol. The molecule has 20 heavy (non-hydrogen) atoms. The summed E-state index contributed by atoms with van der Waals surface area (Å²) in [6, 6.07) is 8.31. The van der Waals surface area contributed by atoms with E-state index in [1.54, 1.807) is 12.1 Å². The van der Waals surface area contributed by atoms with Crippen molar-refractivity contribution in [2.45, 2.75) is 6.92 Å². The minimum absolute atomic E-state index is 0.000470. The number of nitrogens with one attached hydrogen (secondary N) is 2. The third-order valence-corrected chi connectivity index (χ3v) is 3.18. The average molecular weight is 341 g/mol. The number of urea groups is 1. The fourth-order valence-corrected chi connectivity index (χ4v) is 1.86. The number of carbonyl (C=O) groups excluding carboxylic acids is 1. The molecule has 6 heteroatoms. The minimum atomic E-state index is -0.725. The molecule has 0 bridgehead atoms. The second kappa shape index (κ2) is 6.00. The molecule has 2 aromatic carbocycles. The van der Waals surface area contributed by atoms with E-state index in [1.165, 1.54) is 0 Å². The molecule has 0 fully saturated rings. The Morgan fingerprint density at radius 1 is 1.05 bits per heavy atom. The highest BCUT2D eigenvalue weighted by molar-refractivity contribution is 9.10. The van der Waals surface area contributed by atoms with Crippen LogP contribution in [0.4, 0.5) is 25.0 Å². The summed E-state index contributed by atoms with van der Waals surface area (Å²) >= 11 is 2.86. The van der Waals surface area contributed by atoms with Crippen LogP contribution in [0.3, 0.4) is 0 Å². The van der Waals surface area contributed by atoms with Gasteiger partial charge in [-0.15, -0.1) is 0 Å². The lowest BCUT2D eigenvalue weighted by molar-refractivity contribution is 0.262. The van der Waals surface area contributed by atoms with E-state index in [0.717, 1.165) is 17.7 Å². The smallest absolute Gasteiger partial charge is 0.308 e. The fraction of sp³-hybridized carbons (Fsp3) is 0.0714. The van der Waals surface area contributed by atoms with Crippen molar-refractivity contribution in [3.8, 4) is 0 Å². The maximum Gasteiger partial charge on any atom is 0.323 e. The van der Waals surface area contributed by atoms with Crippen molar-refractivity contribution < 1.29 is 13.6 Å². The van der Waals surface area contributed by atoms with Gasteiger partial charge in [-0.1, -0.05) is 17.7 Å². The average Bonchev–Trinajstić information content (AvgIpc) is 2.39. The number of hydrogen-bond donors (Lipinski definition) is 2. The molecule has 2 amide bonds. The lowest BCUT2D eigenvalue weighted by Crippen LogP contribution is -2.20. The third-order valence-electron chi connectivity index (χ3n) is 2.57. The van der Waals surface area contributed by atoms with Gasteiger partial charge in [0.25, 0.3) is 0 Å². The Morgan fingerprint density at radius 2 is 1.70 bits per heavy atom. The number of benzene rings is 2. The first-order valence-electron chi connectivity index (χ1n) is 5.75. The lowest BCUT2D eigenvalue weighted by atomic mass is 10.2. The number of halogens is 3. The van der Waals surface area contributed by atoms with Crippen LogP contribution in [0.15, 0.2) is 40.9 Å². The molecule has 0 unspecified atom stereocenters. The normalized spacial score (nSPS) is 10.2. The van der Waals surface area contributed by atoms with E-state index in [9.17, 15) is 13.6 Å². The van der Waals surface area contributed by atoms with Crippen molar-refractivity contribution in [1.82, 2.24) is 0 Å². The van der Waals surface area contributed by atoms with E-state index in [1.807, 2.05) is 19.1 Å². The first-order chi connectivity index (χ1) is 9.45. The largest absolute Gasteiger partial charge is 0.323 e. The molecule has 0 heterocycles. The molecular weight excluding hydrogens is 330 g/mol. The molecule has 0 aromatic heterocycles. The second-order valence-corrected chi connectivity index (χ2v) is 5.05. The summed E-state index contributed by atoms with van der Waals surface area (Å²) in [5, 5.41) is 4.78. The van der Waals surface area contributed by atoms with Gasteiger partial charge < -0.3 is 10.6 Å². The molecule has 0 radical (unpaired) electrons. The van der Waals surface area contributed by atoms with E-state index in [2.05, 4.69) is 26.6 Å². The topological polar surface area (TPSA) is 41.1 Å². The maximum atomic E-state index is 13.5. The summed E-state index contributed by atoms with van der Waals surface area (Å²) in [5.74, 6) is -1.38. The quantitative estimate of drug-likeness (QED) is 0.765. The summed E-state index contributed by atoms with van der Waals surface area (Å²) in [5.41, 5.74) is 1.39. The van der Waals surface area contributed by atoms with Gasteiger partial charge in [-0.2, -0.15) is 0 Å². The van der Waals surface area contributed by atoms with Crippen LogP contribution in [0, 0.1) is 18.6 Å². The van der Waals surface area contributed by atoms with Crippen LogP contribution < -0.4 is 10.6 Å². The number of aryl methyl sites for hydroxylation is 1. The molecule has 3 nitrogen and oxygen atoms in total. The van der Waals surface area contributed by atoms with Crippen molar-refractivity contribution in [3.63, 3.8) is 0 Å². The van der Waals surface area contributed by atoms with Gasteiger partial charge in [-0.05, 0) is 41.1 Å². The first-order valence-corrected chi connectivity index (χ1v) is 6.54. The van der Waals surface area contributed by atoms with Crippen LogP contribution in [0.2, 0.25) is 0 Å². The number of rotatable bonds is 2. The Balaban J connectivity index is 2.08. The molecule has 0 aliphatic carbocycles. The molecule has 0 aliphatic heterocycles. The van der Waals surface area contributed by atoms with Gasteiger partial charge in [0.15, 0.2) is 0 Å². The number of amides is 2. The van der Waals surface area contributed by atoms with E-state index in [0.29, 0.717) is 5.69 Å². The summed E-state index contributed by atoms with van der Waals surface area (Å²) in [6.45, 7) is 1.92. The van der Waals surface area contributed by atoms with Crippen LogP contribution in [0.5, 0.6) is 0 Å². The standard InChI is InChI=1S/C14H11BrF2N2O/c1-8-2-4-9(5-3-8)18-14(20)19-13-7-11(16)10(15)6-12(13)17/h2-7H,1H3,(H2,18,19,20). The van der Waals surface area contributed by atoms with Gasteiger partial charge in [0.2, 0.25) is 0 Å². The zero-order valence-corrected chi connectivity index (χ0v) is 12.1. The van der Waals surface area contributed by atoms with E-state index in [-0.39, 0.29) is 10.2 Å². The van der Waals surface area contributed by atoms with Crippen molar-refractivity contribution >= 4 is 33.3 Å². The van der Waals surface area contributed by atoms with Crippen LogP contribution >= 0.6 is 15.9 Å². The maximum absolute atomic E-state index is 13.5. The summed E-state index contributed by atoms with van der Waals surface area (Å²) in [4.78, 5) is 11.7. The lowest BCUT2D eigenvalue weighted by Gasteiger charge is -2.09. The van der Waals surface area contributed by atoms with Crippen LogP contribution in [-0.4, -0.2) is 6.03 Å². The predicted octanol–water partition coefficient (Wildman–Crippen LogP) is 4.68. The Kier molecular flexibility index (Phi) is 4.34. The van der Waals surface area contributed by atoms with Gasteiger partial charge in [-0.3, -0.25) is 0 Å². The van der Waals surface area contributed by atoms with Gasteiger partial charge in [0.1, 0.15) is 11.6 Å². The molecule has 0 atom stereocenters. The van der Waals surface area contributed by atoms with Crippen LogP contribution in [0.25, 0.3) is 0 Å². The molecule has 2 N–H and O–H groups in total. The zero-order chi connectivity index (χ0) is 14.7. The summed E-state index contributed by atoms with van der Waals surface area (Å²) in [6.07, 6.45) is 0. The van der Waals surface area contributed by atoms with Crippen molar-refractivity contribution in [2.24, 2.45) is 0 Å².